The fourth-order valence-electron chi connectivity index (χ4n) is 2.56. The number of benzene rings is 2. The normalized spacial score (nSPS) is 10.7. The average Bonchev–Trinajstić information content (AvgIpc) is 3.43. The second-order valence-corrected chi connectivity index (χ2v) is 7.91. The van der Waals surface area contributed by atoms with Crippen LogP contribution in [0.2, 0.25) is 0 Å². The van der Waals surface area contributed by atoms with Gasteiger partial charge in [0.05, 0.1) is 18.6 Å². The van der Waals surface area contributed by atoms with Gasteiger partial charge in [-0.3, -0.25) is 9.36 Å². The Morgan fingerprint density at radius 3 is 2.77 bits per heavy atom. The first-order chi connectivity index (χ1) is 14.6. The molecule has 0 fully saturated rings. The molecule has 2 aromatic carbocycles. The molecule has 0 aliphatic carbocycles. The van der Waals surface area contributed by atoms with Crippen LogP contribution >= 0.6 is 23.1 Å². The second-order valence-electron chi connectivity index (χ2n) is 5.91. The smallest absolute Gasteiger partial charge is 0.286 e. The highest BCUT2D eigenvalue weighted by molar-refractivity contribution is 7.98. The van der Waals surface area contributed by atoms with Crippen LogP contribution in [0, 0.1) is 5.82 Å². The molecule has 0 bridgehead atoms. The number of thioether (sulfide) groups is 1. The molecule has 30 heavy (non-hydrogen) atoms. The quantitative estimate of drug-likeness (QED) is 0.435. The van der Waals surface area contributed by atoms with Crippen LogP contribution in [-0.4, -0.2) is 38.0 Å². The minimum atomic E-state index is -0.396. The molecule has 4 aromatic rings. The molecule has 0 aliphatic rings. The number of nitrogens with zero attached hydrogens (tertiary/aromatic N) is 5. The maximum Gasteiger partial charge on any atom is 0.286 e. The molecule has 0 saturated carbocycles. The number of halogens is 1. The molecule has 0 saturated heterocycles. The van der Waals surface area contributed by atoms with E-state index in [1.54, 1.807) is 13.4 Å². The summed E-state index contributed by atoms with van der Waals surface area (Å²) in [6, 6.07) is 13.1. The highest BCUT2D eigenvalue weighted by atomic mass is 32.2. The maximum absolute atomic E-state index is 13.0. The predicted molar refractivity (Wildman–Crippen MR) is 112 cm³/mol. The van der Waals surface area contributed by atoms with Gasteiger partial charge in [0.1, 0.15) is 22.9 Å². The van der Waals surface area contributed by atoms with Crippen LogP contribution in [0.1, 0.15) is 14.8 Å². The van der Waals surface area contributed by atoms with E-state index >= 15 is 0 Å². The molecule has 4 rings (SSSR count). The molecule has 1 amide bonds. The Kier molecular flexibility index (Phi) is 6.00. The Bertz CT molecular complexity index is 1160. The number of para-hydroxylation sites is 2. The van der Waals surface area contributed by atoms with Crippen LogP contribution < -0.4 is 10.1 Å². The van der Waals surface area contributed by atoms with Gasteiger partial charge in [-0.15, -0.1) is 20.4 Å². The van der Waals surface area contributed by atoms with Crippen LogP contribution in [0.3, 0.4) is 0 Å². The summed E-state index contributed by atoms with van der Waals surface area (Å²) in [7, 11) is 1.61. The summed E-state index contributed by atoms with van der Waals surface area (Å²) in [4.78, 5) is 12.3. The third-order valence-electron chi connectivity index (χ3n) is 3.95. The van der Waals surface area contributed by atoms with Gasteiger partial charge in [0.2, 0.25) is 5.01 Å². The first kappa shape index (κ1) is 20.0. The number of rotatable bonds is 7. The number of amides is 1. The minimum Gasteiger partial charge on any atom is -0.495 e. The lowest BCUT2D eigenvalue weighted by Crippen LogP contribution is -2.11. The van der Waals surface area contributed by atoms with E-state index in [-0.39, 0.29) is 10.8 Å². The SMILES string of the molecule is COc1ccccc1-n1cnnc1SCc1nnc(C(=O)Nc2ccc(F)cc2)s1. The lowest BCUT2D eigenvalue weighted by molar-refractivity contribution is 0.102. The Balaban J connectivity index is 1.42. The number of ether oxygens (including phenoxy) is 1. The molecule has 2 heterocycles. The van der Waals surface area contributed by atoms with Crippen molar-refractivity contribution in [3.05, 3.63) is 70.7 Å². The zero-order valence-corrected chi connectivity index (χ0v) is 17.3. The molecule has 8 nitrogen and oxygen atoms in total. The molecule has 0 aliphatic heterocycles. The van der Waals surface area contributed by atoms with Crippen molar-refractivity contribution in [1.82, 2.24) is 25.0 Å². The van der Waals surface area contributed by atoms with Gasteiger partial charge in [0.25, 0.3) is 5.91 Å². The largest absolute Gasteiger partial charge is 0.495 e. The third kappa shape index (κ3) is 4.47. The van der Waals surface area contributed by atoms with Crippen molar-refractivity contribution in [2.45, 2.75) is 10.9 Å². The van der Waals surface area contributed by atoms with Crippen LogP contribution in [0.15, 0.2) is 60.0 Å². The van der Waals surface area contributed by atoms with Gasteiger partial charge >= 0.3 is 0 Å². The van der Waals surface area contributed by atoms with Crippen molar-refractivity contribution in [3.63, 3.8) is 0 Å². The molecule has 1 N–H and O–H groups in total. The zero-order chi connectivity index (χ0) is 20.9. The molecule has 0 unspecified atom stereocenters. The second kappa shape index (κ2) is 9.01. The Morgan fingerprint density at radius 2 is 1.97 bits per heavy atom. The molecule has 11 heteroatoms. The third-order valence-corrected chi connectivity index (χ3v) is 6.01. The van der Waals surface area contributed by atoms with Gasteiger partial charge in [0.15, 0.2) is 5.16 Å². The minimum absolute atomic E-state index is 0.223. The summed E-state index contributed by atoms with van der Waals surface area (Å²) in [6.07, 6.45) is 1.61. The molecule has 152 valence electrons. The predicted octanol–water partition coefficient (Wildman–Crippen LogP) is 3.81. The van der Waals surface area contributed by atoms with E-state index < -0.39 is 5.91 Å². The van der Waals surface area contributed by atoms with E-state index in [4.69, 9.17) is 4.74 Å². The number of nitrogens with one attached hydrogen (secondary N) is 1. The molecule has 0 radical (unpaired) electrons. The van der Waals surface area contributed by atoms with Crippen LogP contribution in [0.4, 0.5) is 10.1 Å². The lowest BCUT2D eigenvalue weighted by Gasteiger charge is -2.10. The molecule has 0 spiro atoms. The fraction of sp³-hybridized carbons (Fsp3) is 0.105. The molecule has 0 atom stereocenters. The summed E-state index contributed by atoms with van der Waals surface area (Å²) in [5, 5.41) is 20.4. The van der Waals surface area contributed by atoms with Crippen molar-refractivity contribution in [2.24, 2.45) is 0 Å². The van der Waals surface area contributed by atoms with E-state index in [0.29, 0.717) is 27.4 Å². The van der Waals surface area contributed by atoms with Gasteiger partial charge in [0, 0.05) is 5.69 Å². The van der Waals surface area contributed by atoms with Crippen molar-refractivity contribution in [3.8, 4) is 11.4 Å². The number of hydrogen-bond donors (Lipinski definition) is 1. The first-order valence-electron chi connectivity index (χ1n) is 8.69. The van der Waals surface area contributed by atoms with Crippen molar-refractivity contribution >= 4 is 34.7 Å². The van der Waals surface area contributed by atoms with Crippen molar-refractivity contribution in [1.29, 1.82) is 0 Å². The highest BCUT2D eigenvalue weighted by Crippen LogP contribution is 2.29. The summed E-state index contributed by atoms with van der Waals surface area (Å²) in [5.41, 5.74) is 1.31. The van der Waals surface area contributed by atoms with Gasteiger partial charge in [-0.1, -0.05) is 35.2 Å². The zero-order valence-electron chi connectivity index (χ0n) is 15.7. The van der Waals surface area contributed by atoms with Gasteiger partial charge < -0.3 is 10.1 Å². The van der Waals surface area contributed by atoms with Gasteiger partial charge in [-0.25, -0.2) is 4.39 Å². The maximum atomic E-state index is 13.0. The molecular weight excluding hydrogens is 427 g/mol. The van der Waals surface area contributed by atoms with E-state index in [2.05, 4.69) is 25.7 Å². The summed E-state index contributed by atoms with van der Waals surface area (Å²) < 4.78 is 20.2. The van der Waals surface area contributed by atoms with Crippen LogP contribution in [0.25, 0.3) is 5.69 Å². The summed E-state index contributed by atoms with van der Waals surface area (Å²) in [5.74, 6) is 0.404. The standard InChI is InChI=1S/C19H15FN6O2S2/c1-28-15-5-3-2-4-14(15)26-11-21-25-19(26)29-10-16-23-24-18(30-16)17(27)22-13-8-6-12(20)7-9-13/h2-9,11H,10H2,1H3,(H,22,27). The Hall–Kier alpha value is -3.31. The number of carbonyl (C=O) groups is 1. The van der Waals surface area contributed by atoms with E-state index in [1.165, 1.54) is 47.4 Å². The Labute approximate surface area is 179 Å². The molecule has 2 aromatic heterocycles. The number of carbonyl (C=O) groups excluding carboxylic acids is 1. The number of methoxy groups -OCH3 is 1. The van der Waals surface area contributed by atoms with Gasteiger partial charge in [-0.05, 0) is 36.4 Å². The fourth-order valence-corrected chi connectivity index (χ4v) is 4.21. The lowest BCUT2D eigenvalue weighted by atomic mass is 10.3. The number of anilines is 1. The number of hydrogen-bond acceptors (Lipinski definition) is 8. The topological polar surface area (TPSA) is 94.8 Å². The van der Waals surface area contributed by atoms with Crippen molar-refractivity contribution < 1.29 is 13.9 Å². The van der Waals surface area contributed by atoms with Crippen LogP contribution in [0.5, 0.6) is 5.75 Å². The monoisotopic (exact) mass is 442 g/mol. The summed E-state index contributed by atoms with van der Waals surface area (Å²) >= 11 is 2.60. The first-order valence-corrected chi connectivity index (χ1v) is 10.5. The summed E-state index contributed by atoms with van der Waals surface area (Å²) in [6.45, 7) is 0. The Morgan fingerprint density at radius 1 is 1.17 bits per heavy atom. The van der Waals surface area contributed by atoms with E-state index in [1.807, 2.05) is 28.8 Å². The number of aromatic nitrogens is 5. The van der Waals surface area contributed by atoms with Crippen molar-refractivity contribution in [2.75, 3.05) is 12.4 Å². The van der Waals surface area contributed by atoms with E-state index in [9.17, 15) is 9.18 Å². The highest BCUT2D eigenvalue weighted by Gasteiger charge is 2.16. The molecular formula is C19H15FN6O2S2. The average molecular weight is 443 g/mol. The van der Waals surface area contributed by atoms with E-state index in [0.717, 1.165) is 5.69 Å². The van der Waals surface area contributed by atoms with Crippen LogP contribution in [-0.2, 0) is 5.75 Å². The van der Waals surface area contributed by atoms with Gasteiger partial charge in [-0.2, -0.15) is 0 Å².